The van der Waals surface area contributed by atoms with Crippen LogP contribution >= 0.6 is 11.8 Å². The van der Waals surface area contributed by atoms with Crippen molar-refractivity contribution < 1.29 is 47.6 Å². The minimum atomic E-state index is -0.621. The molecule has 0 fully saturated rings. The Kier molecular flexibility index (Phi) is 20.2. The highest BCUT2D eigenvalue weighted by Gasteiger charge is 2.15. The molecule has 0 radical (unpaired) electrons. The van der Waals surface area contributed by atoms with Crippen LogP contribution in [-0.4, -0.2) is 56.5 Å². The van der Waals surface area contributed by atoms with Crippen molar-refractivity contribution >= 4 is 47.5 Å². The maximum Gasteiger partial charge on any atom is 0.343 e. The number of thioether (sulfide) groups is 1. The van der Waals surface area contributed by atoms with Gasteiger partial charge in [-0.25, -0.2) is 19.2 Å². The Morgan fingerprint density at radius 3 is 1.64 bits per heavy atom. The van der Waals surface area contributed by atoms with Gasteiger partial charge in [0.15, 0.2) is 0 Å². The summed E-state index contributed by atoms with van der Waals surface area (Å²) in [5, 5.41) is 4.78. The predicted octanol–water partition coefficient (Wildman–Crippen LogP) is 9.23. The molecule has 0 spiro atoms. The van der Waals surface area contributed by atoms with Crippen molar-refractivity contribution in [2.45, 2.75) is 56.3 Å². The molecule has 61 heavy (non-hydrogen) atoms. The summed E-state index contributed by atoms with van der Waals surface area (Å²) in [5.74, 6) is -0.496. The van der Waals surface area contributed by atoms with Gasteiger partial charge in [0.2, 0.25) is 0 Å². The third kappa shape index (κ3) is 17.5. The lowest BCUT2D eigenvalue weighted by molar-refractivity contribution is -0.138. The van der Waals surface area contributed by atoms with Gasteiger partial charge in [0.05, 0.1) is 48.8 Å². The molecule has 0 amide bonds. The van der Waals surface area contributed by atoms with Gasteiger partial charge in [-0.05, 0) is 130 Å². The number of hydrazone groups is 1. The van der Waals surface area contributed by atoms with E-state index in [9.17, 15) is 19.2 Å². The molecule has 0 heterocycles. The molecule has 0 atom stereocenters. The van der Waals surface area contributed by atoms with Crippen LogP contribution in [0.5, 0.6) is 23.0 Å². The van der Waals surface area contributed by atoms with E-state index in [-0.39, 0.29) is 11.5 Å². The standard InChI is InChI=1S/C47H51N3O10S/c1-4-44(51)57-30-14-8-6-12-28-55-38-22-18-35(19-23-38)46(53)59-40-26-27-42(37(32-40)33-49-50-34(3)61-43-17-11-10-16-41(43)48)60-47(54)36-20-24-39(25-21-36)56-29-13-7-9-15-31-58-45(52)5-2/h4-5,10-11,16-27,32-33,50H,1-3,6-9,12-15,28-31,48H2/b49-33+. The van der Waals surface area contributed by atoms with Crippen LogP contribution in [0.25, 0.3) is 0 Å². The van der Waals surface area contributed by atoms with E-state index in [0.717, 1.165) is 68.4 Å². The van der Waals surface area contributed by atoms with Crippen LogP contribution in [0.15, 0.2) is 138 Å². The van der Waals surface area contributed by atoms with Crippen LogP contribution < -0.4 is 30.1 Å². The molecule has 14 heteroatoms. The highest BCUT2D eigenvalue weighted by Crippen LogP contribution is 2.29. The van der Waals surface area contributed by atoms with Gasteiger partial charge in [-0.15, -0.1) is 0 Å². The van der Waals surface area contributed by atoms with Gasteiger partial charge in [0.25, 0.3) is 0 Å². The zero-order chi connectivity index (χ0) is 43.7. The monoisotopic (exact) mass is 849 g/mol. The molecule has 4 rings (SSSR count). The van der Waals surface area contributed by atoms with Gasteiger partial charge in [-0.2, -0.15) is 5.10 Å². The Morgan fingerprint density at radius 2 is 1.11 bits per heavy atom. The average Bonchev–Trinajstić information content (AvgIpc) is 3.27. The first-order valence-corrected chi connectivity index (χ1v) is 20.6. The summed E-state index contributed by atoms with van der Waals surface area (Å²) in [5.41, 5.74) is 10.5. The van der Waals surface area contributed by atoms with Crippen molar-refractivity contribution in [2.24, 2.45) is 5.10 Å². The Hall–Kier alpha value is -6.80. The quantitative estimate of drug-likeness (QED) is 0.00850. The number of unbranched alkanes of at least 4 members (excludes halogenated alkanes) is 6. The minimum absolute atomic E-state index is 0.165. The maximum absolute atomic E-state index is 13.3. The fraction of sp³-hybridized carbons (Fsp3) is 0.255. The Bertz CT molecular complexity index is 2120. The van der Waals surface area contributed by atoms with Crippen molar-refractivity contribution in [3.05, 3.63) is 145 Å². The number of nitrogens with zero attached hydrogens (tertiary/aromatic N) is 1. The Balaban J connectivity index is 1.33. The summed E-state index contributed by atoms with van der Waals surface area (Å²) in [7, 11) is 0. The van der Waals surface area contributed by atoms with Crippen molar-refractivity contribution in [1.82, 2.24) is 5.43 Å². The minimum Gasteiger partial charge on any atom is -0.494 e. The number of carbonyl (C=O) groups is 4. The number of nitrogen functional groups attached to an aromatic ring is 1. The molecule has 320 valence electrons. The van der Waals surface area contributed by atoms with Crippen molar-refractivity contribution in [1.29, 1.82) is 0 Å². The topological polar surface area (TPSA) is 174 Å². The molecule has 13 nitrogen and oxygen atoms in total. The SMILES string of the molecule is C=CC(=O)OCCCCCCOc1ccc(C(=O)Oc2ccc(OC(=O)c3ccc(OCCCCCCOC(=O)C=C)cc3)c(/C=N/NC(=C)Sc3ccccc3N)c2)cc1. The number of nitrogens with one attached hydrogen (secondary N) is 1. The lowest BCUT2D eigenvalue weighted by atomic mass is 10.2. The van der Waals surface area contributed by atoms with E-state index in [0.29, 0.717) is 65.3 Å². The third-order valence-corrected chi connectivity index (χ3v) is 9.49. The van der Waals surface area contributed by atoms with Gasteiger partial charge < -0.3 is 34.2 Å². The van der Waals surface area contributed by atoms with E-state index in [1.165, 1.54) is 36.2 Å². The molecule has 0 unspecified atom stereocenters. The largest absolute Gasteiger partial charge is 0.494 e. The van der Waals surface area contributed by atoms with E-state index in [4.69, 9.17) is 34.2 Å². The maximum atomic E-state index is 13.3. The summed E-state index contributed by atoms with van der Waals surface area (Å²) in [4.78, 5) is 49.4. The molecule has 0 aromatic heterocycles. The first-order valence-electron chi connectivity index (χ1n) is 19.8. The number of anilines is 1. The first-order chi connectivity index (χ1) is 29.6. The van der Waals surface area contributed by atoms with E-state index >= 15 is 0 Å². The van der Waals surface area contributed by atoms with E-state index in [2.05, 4.69) is 30.3 Å². The number of rotatable bonds is 27. The number of benzene rings is 4. The average molecular weight is 850 g/mol. The Labute approximate surface area is 360 Å². The van der Waals surface area contributed by atoms with E-state index in [1.807, 2.05) is 18.2 Å². The molecule has 4 aromatic carbocycles. The molecule has 0 aliphatic carbocycles. The lowest BCUT2D eigenvalue weighted by Gasteiger charge is -2.12. The molecule has 4 aromatic rings. The molecular formula is C47H51N3O10S. The van der Waals surface area contributed by atoms with E-state index < -0.39 is 23.9 Å². The second-order valence-electron chi connectivity index (χ2n) is 13.2. The second kappa shape index (κ2) is 26.3. The number of hydrogen-bond acceptors (Lipinski definition) is 14. The molecule has 0 bridgehead atoms. The molecule has 0 saturated carbocycles. The zero-order valence-electron chi connectivity index (χ0n) is 34.0. The first kappa shape index (κ1) is 46.9. The highest BCUT2D eigenvalue weighted by atomic mass is 32.2. The smallest absolute Gasteiger partial charge is 0.343 e. The van der Waals surface area contributed by atoms with Crippen molar-refractivity contribution in [2.75, 3.05) is 32.2 Å². The van der Waals surface area contributed by atoms with E-state index in [1.54, 1.807) is 54.6 Å². The predicted molar refractivity (Wildman–Crippen MR) is 236 cm³/mol. The van der Waals surface area contributed by atoms with Gasteiger partial charge in [-0.1, -0.05) is 43.6 Å². The Morgan fingerprint density at radius 1 is 0.623 bits per heavy atom. The summed E-state index contributed by atoms with van der Waals surface area (Å²) in [6.45, 7) is 12.5. The summed E-state index contributed by atoms with van der Waals surface area (Å²) < 4.78 is 33.1. The van der Waals surface area contributed by atoms with Crippen LogP contribution in [0.2, 0.25) is 0 Å². The zero-order valence-corrected chi connectivity index (χ0v) is 34.8. The summed E-state index contributed by atoms with van der Waals surface area (Å²) in [6.07, 6.45) is 10.5. The third-order valence-electron chi connectivity index (χ3n) is 8.56. The number of esters is 4. The number of ether oxygens (including phenoxy) is 6. The summed E-state index contributed by atoms with van der Waals surface area (Å²) >= 11 is 1.30. The van der Waals surface area contributed by atoms with Gasteiger partial charge >= 0.3 is 23.9 Å². The van der Waals surface area contributed by atoms with Gasteiger partial charge in [-0.3, -0.25) is 5.43 Å². The fourth-order valence-electron chi connectivity index (χ4n) is 5.34. The van der Waals surface area contributed by atoms with Crippen molar-refractivity contribution in [3.8, 4) is 23.0 Å². The molecular weight excluding hydrogens is 799 g/mol. The van der Waals surface area contributed by atoms with Crippen molar-refractivity contribution in [3.63, 3.8) is 0 Å². The van der Waals surface area contributed by atoms with Crippen LogP contribution in [0.4, 0.5) is 5.69 Å². The molecule has 3 N–H and O–H groups in total. The van der Waals surface area contributed by atoms with Crippen LogP contribution in [0.1, 0.15) is 77.6 Å². The second-order valence-corrected chi connectivity index (χ2v) is 14.4. The number of nitrogens with two attached hydrogens (primary N) is 1. The summed E-state index contributed by atoms with van der Waals surface area (Å²) in [6, 6.07) is 25.1. The van der Waals surface area contributed by atoms with Crippen LogP contribution in [0.3, 0.4) is 0 Å². The fourth-order valence-corrected chi connectivity index (χ4v) is 6.04. The van der Waals surface area contributed by atoms with Gasteiger partial charge in [0.1, 0.15) is 23.0 Å². The molecule has 0 aliphatic heterocycles. The number of hydrogen-bond donors (Lipinski definition) is 2. The van der Waals surface area contributed by atoms with Crippen LogP contribution in [0, 0.1) is 0 Å². The van der Waals surface area contributed by atoms with Crippen LogP contribution in [-0.2, 0) is 19.1 Å². The number of carbonyl (C=O) groups excluding carboxylic acids is 4. The van der Waals surface area contributed by atoms with Gasteiger partial charge in [0, 0.05) is 28.3 Å². The lowest BCUT2D eigenvalue weighted by Crippen LogP contribution is -2.12. The number of para-hydroxylation sites is 1. The normalized spacial score (nSPS) is 10.6. The molecule has 0 saturated heterocycles. The molecule has 0 aliphatic rings. The highest BCUT2D eigenvalue weighted by molar-refractivity contribution is 8.03.